The normalized spacial score (nSPS) is 17.2. The van der Waals surface area contributed by atoms with Gasteiger partial charge in [0.15, 0.2) is 0 Å². The maximum absolute atomic E-state index is 16.7. The van der Waals surface area contributed by atoms with Gasteiger partial charge < -0.3 is 0 Å². The van der Waals surface area contributed by atoms with Gasteiger partial charge >= 0.3 is 18.0 Å². The summed E-state index contributed by atoms with van der Waals surface area (Å²) in [4.78, 5) is 0. The number of halogens is 10. The van der Waals surface area contributed by atoms with E-state index in [1.165, 1.54) is 13.8 Å². The zero-order valence-electron chi connectivity index (χ0n) is 23.9. The van der Waals surface area contributed by atoms with E-state index in [-0.39, 0.29) is 0 Å². The third-order valence-corrected chi connectivity index (χ3v) is 10.5. The van der Waals surface area contributed by atoms with Crippen molar-refractivity contribution in [1.82, 2.24) is 0 Å². The van der Waals surface area contributed by atoms with Gasteiger partial charge in [-0.25, -0.2) is 13.2 Å². The van der Waals surface area contributed by atoms with Crippen LogP contribution in [0, 0.1) is 21.7 Å². The molecule has 0 fully saturated rings. The highest BCUT2D eigenvalue weighted by molar-refractivity contribution is 5.22. The molecule has 0 aromatic heterocycles. The van der Waals surface area contributed by atoms with Crippen LogP contribution in [0.25, 0.3) is 0 Å². The fourth-order valence-electron chi connectivity index (χ4n) is 6.68. The molecule has 1 atom stereocenters. The third kappa shape index (κ3) is 4.31. The second-order valence-corrected chi connectivity index (χ2v) is 11.0. The molecule has 0 aliphatic heterocycles. The molecule has 0 spiro atoms. The smallest absolute Gasteiger partial charge is 0.226 e. The lowest BCUT2D eigenvalue weighted by Gasteiger charge is -2.62. The summed E-state index contributed by atoms with van der Waals surface area (Å²) in [6.07, 6.45) is -12.5. The quantitative estimate of drug-likeness (QED) is 0.175. The Kier molecular flexibility index (Phi) is 10.8. The summed E-state index contributed by atoms with van der Waals surface area (Å²) in [7, 11) is 0. The monoisotopic (exact) mass is 560 g/mol. The van der Waals surface area contributed by atoms with Crippen molar-refractivity contribution in [3.8, 4) is 0 Å². The van der Waals surface area contributed by atoms with Crippen molar-refractivity contribution in [3.63, 3.8) is 0 Å². The maximum Gasteiger partial charge on any atom is 0.429 e. The zero-order valence-corrected chi connectivity index (χ0v) is 23.9. The van der Waals surface area contributed by atoms with Crippen LogP contribution in [0.15, 0.2) is 0 Å². The van der Waals surface area contributed by atoms with Gasteiger partial charge in [0.05, 0.1) is 5.41 Å². The van der Waals surface area contributed by atoms with E-state index in [0.717, 1.165) is 48.5 Å². The van der Waals surface area contributed by atoms with Gasteiger partial charge in [-0.3, -0.25) is 0 Å². The Morgan fingerprint density at radius 3 is 0.838 bits per heavy atom. The van der Waals surface area contributed by atoms with Crippen molar-refractivity contribution in [2.24, 2.45) is 21.7 Å². The van der Waals surface area contributed by atoms with Gasteiger partial charge in [-0.05, 0) is 51.4 Å². The van der Waals surface area contributed by atoms with E-state index >= 15 is 30.7 Å². The van der Waals surface area contributed by atoms with E-state index in [0.29, 0.717) is 6.92 Å². The van der Waals surface area contributed by atoms with Crippen LogP contribution in [0.4, 0.5) is 43.9 Å². The van der Waals surface area contributed by atoms with Crippen LogP contribution in [0.3, 0.4) is 0 Å². The van der Waals surface area contributed by atoms with Gasteiger partial charge in [0.2, 0.25) is 0 Å². The lowest BCUT2D eigenvalue weighted by molar-refractivity contribution is -0.410. The second kappa shape index (κ2) is 11.1. The van der Waals surface area contributed by atoms with Crippen LogP contribution in [0.1, 0.15) is 121 Å². The Balaban J connectivity index is 8.12. The summed E-state index contributed by atoms with van der Waals surface area (Å²) in [6, 6.07) is 0. The standard InChI is InChI=1S/C27H46F10/c1-11-19(9,12-2)23(28,27(35,36)37)25(31,32)21(15-5,16-6)22(17-7,18-8)26(33,34)24(29,30)20(10,13-3)14-4/h11-18H2,1-10H3. The average molecular weight is 561 g/mol. The predicted octanol–water partition coefficient (Wildman–Crippen LogP) is 11.4. The minimum absolute atomic E-state index is 0.434. The summed E-state index contributed by atoms with van der Waals surface area (Å²) in [6.45, 7) is 10.3. The van der Waals surface area contributed by atoms with E-state index in [9.17, 15) is 13.2 Å². The van der Waals surface area contributed by atoms with E-state index in [1.54, 1.807) is 0 Å². The lowest BCUT2D eigenvalue weighted by atomic mass is 9.46. The number of alkyl halides is 10. The summed E-state index contributed by atoms with van der Waals surface area (Å²) in [5, 5.41) is 0. The van der Waals surface area contributed by atoms with Crippen molar-refractivity contribution in [2.45, 2.75) is 150 Å². The molecule has 37 heavy (non-hydrogen) atoms. The van der Waals surface area contributed by atoms with Gasteiger partial charge in [-0.1, -0.05) is 69.2 Å². The fraction of sp³-hybridized carbons (Fsp3) is 1.00. The van der Waals surface area contributed by atoms with Gasteiger partial charge in [-0.15, -0.1) is 0 Å². The molecule has 0 heterocycles. The van der Waals surface area contributed by atoms with E-state index in [4.69, 9.17) is 0 Å². The van der Waals surface area contributed by atoms with Gasteiger partial charge in [0, 0.05) is 16.2 Å². The molecular formula is C27H46F10. The number of hydrogen-bond acceptors (Lipinski definition) is 0. The summed E-state index contributed by atoms with van der Waals surface area (Å²) in [5.74, 6) is -15.6. The lowest BCUT2D eigenvalue weighted by Crippen LogP contribution is -2.76. The SMILES string of the molecule is CCC(C)(CC)C(F)(F)C(F)(F)C(CC)(CC)C(CC)(CC)C(F)(F)C(F)(C(F)(F)F)C(C)(CC)CC. The molecule has 0 bridgehead atoms. The first-order valence-corrected chi connectivity index (χ1v) is 13.4. The molecule has 224 valence electrons. The van der Waals surface area contributed by atoms with E-state index in [1.807, 2.05) is 0 Å². The molecule has 0 aromatic carbocycles. The molecule has 0 rings (SSSR count). The Bertz CT molecular complexity index is 724. The molecule has 0 saturated heterocycles. The Morgan fingerprint density at radius 1 is 0.351 bits per heavy atom. The summed E-state index contributed by atoms with van der Waals surface area (Å²) >= 11 is 0. The molecule has 0 N–H and O–H groups in total. The predicted molar refractivity (Wildman–Crippen MR) is 128 cm³/mol. The molecular weight excluding hydrogens is 514 g/mol. The second-order valence-electron chi connectivity index (χ2n) is 11.0. The molecule has 0 aromatic rings. The highest BCUT2D eigenvalue weighted by atomic mass is 19.4. The van der Waals surface area contributed by atoms with Gasteiger partial charge in [0.1, 0.15) is 0 Å². The summed E-state index contributed by atoms with van der Waals surface area (Å²) < 4.78 is 158. The third-order valence-electron chi connectivity index (χ3n) is 10.5. The molecule has 10 heteroatoms. The topological polar surface area (TPSA) is 0 Å². The van der Waals surface area contributed by atoms with Crippen LogP contribution in [0.5, 0.6) is 0 Å². The first-order valence-electron chi connectivity index (χ1n) is 13.4. The minimum Gasteiger partial charge on any atom is -0.226 e. The highest BCUT2D eigenvalue weighted by Gasteiger charge is 2.87. The zero-order chi connectivity index (χ0) is 30.2. The van der Waals surface area contributed by atoms with Crippen LogP contribution in [0.2, 0.25) is 0 Å². The Morgan fingerprint density at radius 2 is 0.622 bits per heavy atom. The molecule has 0 aliphatic carbocycles. The van der Waals surface area contributed by atoms with E-state index < -0.39 is 103 Å². The van der Waals surface area contributed by atoms with Gasteiger partial charge in [-0.2, -0.15) is 30.7 Å². The number of rotatable bonds is 15. The minimum atomic E-state index is -6.17. The van der Waals surface area contributed by atoms with Crippen molar-refractivity contribution >= 4 is 0 Å². The molecule has 0 saturated carbocycles. The maximum atomic E-state index is 16.7. The average Bonchev–Trinajstić information content (AvgIpc) is 2.84. The molecule has 0 amide bonds. The molecule has 0 radical (unpaired) electrons. The van der Waals surface area contributed by atoms with E-state index in [2.05, 4.69) is 0 Å². The molecule has 0 nitrogen and oxygen atoms in total. The van der Waals surface area contributed by atoms with Gasteiger partial charge in [0.25, 0.3) is 11.6 Å². The largest absolute Gasteiger partial charge is 0.429 e. The molecule has 0 aliphatic rings. The first kappa shape index (κ1) is 36.3. The van der Waals surface area contributed by atoms with Crippen LogP contribution >= 0.6 is 0 Å². The van der Waals surface area contributed by atoms with Crippen molar-refractivity contribution < 1.29 is 43.9 Å². The summed E-state index contributed by atoms with van der Waals surface area (Å²) in [5.41, 5.74) is -17.1. The van der Waals surface area contributed by atoms with Crippen LogP contribution < -0.4 is 0 Å². The van der Waals surface area contributed by atoms with Crippen molar-refractivity contribution in [1.29, 1.82) is 0 Å². The van der Waals surface area contributed by atoms with Crippen molar-refractivity contribution in [2.75, 3.05) is 0 Å². The Labute approximate surface area is 216 Å². The number of hydrogen-bond donors (Lipinski definition) is 0. The van der Waals surface area contributed by atoms with Crippen molar-refractivity contribution in [3.05, 3.63) is 0 Å². The fourth-order valence-corrected chi connectivity index (χ4v) is 6.68. The molecule has 1 unspecified atom stereocenters. The van der Waals surface area contributed by atoms with Crippen LogP contribution in [-0.4, -0.2) is 29.6 Å². The van der Waals surface area contributed by atoms with Crippen LogP contribution in [-0.2, 0) is 0 Å². The highest BCUT2D eigenvalue weighted by Crippen LogP contribution is 2.74. The first-order chi connectivity index (χ1) is 16.5. The Hall–Kier alpha value is -0.700.